The normalized spacial score (nSPS) is 17.1. The molecular formula is C15H24N2. The van der Waals surface area contributed by atoms with Gasteiger partial charge in [-0.3, -0.25) is 0 Å². The number of hydrogen-bond acceptors (Lipinski definition) is 2. The molecule has 0 saturated carbocycles. The van der Waals surface area contributed by atoms with E-state index in [-0.39, 0.29) is 5.41 Å². The molecule has 1 unspecified atom stereocenters. The highest BCUT2D eigenvalue weighted by molar-refractivity contribution is 5.57. The molecule has 0 fully saturated rings. The summed E-state index contributed by atoms with van der Waals surface area (Å²) in [6.45, 7) is 9.23. The number of benzene rings is 1. The molecule has 1 atom stereocenters. The first-order valence-electron chi connectivity index (χ1n) is 6.55. The summed E-state index contributed by atoms with van der Waals surface area (Å²) in [4.78, 5) is 2.53. The van der Waals surface area contributed by atoms with Gasteiger partial charge in [-0.15, -0.1) is 0 Å². The van der Waals surface area contributed by atoms with Gasteiger partial charge in [-0.05, 0) is 37.4 Å². The van der Waals surface area contributed by atoms with E-state index in [1.807, 2.05) is 7.05 Å². The number of anilines is 1. The van der Waals surface area contributed by atoms with Crippen molar-refractivity contribution in [3.63, 3.8) is 0 Å². The second-order valence-electron chi connectivity index (χ2n) is 5.80. The van der Waals surface area contributed by atoms with Gasteiger partial charge >= 0.3 is 0 Å². The second kappa shape index (κ2) is 4.69. The highest BCUT2D eigenvalue weighted by Crippen LogP contribution is 2.31. The average Bonchev–Trinajstić information content (AvgIpc) is 2.71. The Hall–Kier alpha value is -1.02. The van der Waals surface area contributed by atoms with Crippen LogP contribution in [0, 0.1) is 5.41 Å². The Labute approximate surface area is 105 Å². The minimum absolute atomic E-state index is 0.284. The molecule has 1 aromatic rings. The average molecular weight is 232 g/mol. The standard InChI is InChI=1S/C15H24N2/c1-12(16-4)15(2,3)11-17-10-9-13-7-5-6-8-14(13)17/h5-8,12,16H,9-11H2,1-4H3. The highest BCUT2D eigenvalue weighted by atomic mass is 15.2. The summed E-state index contributed by atoms with van der Waals surface area (Å²) in [5.74, 6) is 0. The topological polar surface area (TPSA) is 15.3 Å². The van der Waals surface area contributed by atoms with Crippen LogP contribution in [-0.2, 0) is 6.42 Å². The SMILES string of the molecule is CNC(C)C(C)(C)CN1CCc2ccccc21. The predicted molar refractivity (Wildman–Crippen MR) is 74.7 cm³/mol. The lowest BCUT2D eigenvalue weighted by Crippen LogP contribution is -2.45. The summed E-state index contributed by atoms with van der Waals surface area (Å²) >= 11 is 0. The number of nitrogens with zero attached hydrogens (tertiary/aromatic N) is 1. The molecule has 94 valence electrons. The quantitative estimate of drug-likeness (QED) is 0.858. The summed E-state index contributed by atoms with van der Waals surface area (Å²) in [6.07, 6.45) is 1.19. The molecule has 0 amide bonds. The maximum atomic E-state index is 3.38. The second-order valence-corrected chi connectivity index (χ2v) is 5.80. The van der Waals surface area contributed by atoms with Crippen LogP contribution < -0.4 is 10.2 Å². The lowest BCUT2D eigenvalue weighted by molar-refractivity contribution is 0.273. The predicted octanol–water partition coefficient (Wildman–Crippen LogP) is 2.68. The van der Waals surface area contributed by atoms with Crippen LogP contribution in [0.15, 0.2) is 24.3 Å². The number of nitrogens with one attached hydrogen (secondary N) is 1. The van der Waals surface area contributed by atoms with Crippen LogP contribution in [0.1, 0.15) is 26.3 Å². The Morgan fingerprint density at radius 3 is 2.76 bits per heavy atom. The Bertz CT molecular complexity index is 384. The fraction of sp³-hybridized carbons (Fsp3) is 0.600. The minimum atomic E-state index is 0.284. The van der Waals surface area contributed by atoms with E-state index < -0.39 is 0 Å². The van der Waals surface area contributed by atoms with Gasteiger partial charge in [-0.2, -0.15) is 0 Å². The largest absolute Gasteiger partial charge is 0.370 e. The lowest BCUT2D eigenvalue weighted by atomic mass is 9.85. The van der Waals surface area contributed by atoms with Gasteiger partial charge in [0.2, 0.25) is 0 Å². The van der Waals surface area contributed by atoms with Gasteiger partial charge in [0.15, 0.2) is 0 Å². The third kappa shape index (κ3) is 2.47. The van der Waals surface area contributed by atoms with Crippen molar-refractivity contribution >= 4 is 5.69 Å². The van der Waals surface area contributed by atoms with E-state index in [1.54, 1.807) is 0 Å². The third-order valence-electron chi connectivity index (χ3n) is 4.19. The van der Waals surface area contributed by atoms with Crippen molar-refractivity contribution in [2.45, 2.75) is 33.2 Å². The van der Waals surface area contributed by atoms with Crippen LogP contribution in [0.2, 0.25) is 0 Å². The van der Waals surface area contributed by atoms with Gasteiger partial charge in [0.1, 0.15) is 0 Å². The molecule has 2 heteroatoms. The lowest BCUT2D eigenvalue weighted by Gasteiger charge is -2.36. The van der Waals surface area contributed by atoms with E-state index in [0.717, 1.165) is 6.54 Å². The van der Waals surface area contributed by atoms with Crippen LogP contribution in [0.5, 0.6) is 0 Å². The van der Waals surface area contributed by atoms with Crippen molar-refractivity contribution < 1.29 is 0 Å². The fourth-order valence-electron chi connectivity index (χ4n) is 2.59. The van der Waals surface area contributed by atoms with Crippen molar-refractivity contribution in [3.05, 3.63) is 29.8 Å². The van der Waals surface area contributed by atoms with Gasteiger partial charge in [0, 0.05) is 24.8 Å². The van der Waals surface area contributed by atoms with E-state index in [0.29, 0.717) is 6.04 Å². The fourth-order valence-corrected chi connectivity index (χ4v) is 2.59. The molecule has 1 aliphatic rings. The maximum Gasteiger partial charge on any atom is 0.0399 e. The first-order valence-corrected chi connectivity index (χ1v) is 6.55. The summed E-state index contributed by atoms with van der Waals surface area (Å²) in [6, 6.07) is 9.32. The molecule has 17 heavy (non-hydrogen) atoms. The number of hydrogen-bond donors (Lipinski definition) is 1. The Morgan fingerprint density at radius 2 is 2.06 bits per heavy atom. The van der Waals surface area contributed by atoms with Gasteiger partial charge in [0.05, 0.1) is 0 Å². The molecule has 1 aromatic carbocycles. The van der Waals surface area contributed by atoms with E-state index >= 15 is 0 Å². The molecule has 0 saturated heterocycles. The first kappa shape index (κ1) is 12.4. The molecule has 2 rings (SSSR count). The molecule has 1 heterocycles. The van der Waals surface area contributed by atoms with Crippen molar-refractivity contribution in [1.29, 1.82) is 0 Å². The molecule has 1 N–H and O–H groups in total. The van der Waals surface area contributed by atoms with Crippen LogP contribution >= 0.6 is 0 Å². The van der Waals surface area contributed by atoms with Crippen molar-refractivity contribution in [3.8, 4) is 0 Å². The van der Waals surface area contributed by atoms with Crippen molar-refractivity contribution in [2.75, 3.05) is 25.0 Å². The van der Waals surface area contributed by atoms with E-state index in [1.165, 1.54) is 24.2 Å². The Kier molecular flexibility index (Phi) is 3.43. The molecular weight excluding hydrogens is 208 g/mol. The van der Waals surface area contributed by atoms with Gasteiger partial charge in [0.25, 0.3) is 0 Å². The zero-order valence-electron chi connectivity index (χ0n) is 11.5. The van der Waals surface area contributed by atoms with Crippen LogP contribution in [0.25, 0.3) is 0 Å². The third-order valence-corrected chi connectivity index (χ3v) is 4.19. The molecule has 0 bridgehead atoms. The Balaban J connectivity index is 2.12. The molecule has 0 radical (unpaired) electrons. The van der Waals surface area contributed by atoms with Crippen molar-refractivity contribution in [1.82, 2.24) is 5.32 Å². The zero-order chi connectivity index (χ0) is 12.5. The van der Waals surface area contributed by atoms with Gasteiger partial charge in [-0.1, -0.05) is 32.0 Å². The molecule has 2 nitrogen and oxygen atoms in total. The number of rotatable bonds is 4. The molecule has 0 aliphatic carbocycles. The first-order chi connectivity index (χ1) is 8.04. The van der Waals surface area contributed by atoms with E-state index in [9.17, 15) is 0 Å². The zero-order valence-corrected chi connectivity index (χ0v) is 11.5. The number of para-hydroxylation sites is 1. The molecule has 1 aliphatic heterocycles. The summed E-state index contributed by atoms with van der Waals surface area (Å²) in [5.41, 5.74) is 3.22. The minimum Gasteiger partial charge on any atom is -0.370 e. The number of fused-ring (bicyclic) bond motifs is 1. The van der Waals surface area contributed by atoms with E-state index in [4.69, 9.17) is 0 Å². The molecule has 0 aromatic heterocycles. The van der Waals surface area contributed by atoms with Gasteiger partial charge in [-0.25, -0.2) is 0 Å². The van der Waals surface area contributed by atoms with Crippen LogP contribution in [-0.4, -0.2) is 26.2 Å². The Morgan fingerprint density at radius 1 is 1.35 bits per heavy atom. The monoisotopic (exact) mass is 232 g/mol. The van der Waals surface area contributed by atoms with Gasteiger partial charge < -0.3 is 10.2 Å². The highest BCUT2D eigenvalue weighted by Gasteiger charge is 2.30. The molecule has 0 spiro atoms. The summed E-state index contributed by atoms with van der Waals surface area (Å²) in [7, 11) is 2.05. The van der Waals surface area contributed by atoms with Crippen molar-refractivity contribution in [2.24, 2.45) is 5.41 Å². The maximum absolute atomic E-state index is 3.38. The van der Waals surface area contributed by atoms with Crippen LogP contribution in [0.4, 0.5) is 5.69 Å². The summed E-state index contributed by atoms with van der Waals surface area (Å²) < 4.78 is 0. The smallest absolute Gasteiger partial charge is 0.0399 e. The van der Waals surface area contributed by atoms with E-state index in [2.05, 4.69) is 55.3 Å². The summed E-state index contributed by atoms with van der Waals surface area (Å²) in [5, 5.41) is 3.38. The van der Waals surface area contributed by atoms with Crippen LogP contribution in [0.3, 0.4) is 0 Å².